The molecule has 3 N–H and O–H groups in total. The molecule has 0 aliphatic rings. The number of anilines is 2. The maximum absolute atomic E-state index is 13.6. The number of para-hydroxylation sites is 1. The van der Waals surface area contributed by atoms with E-state index in [1.807, 2.05) is 0 Å². The van der Waals surface area contributed by atoms with Gasteiger partial charge in [0.25, 0.3) is 0 Å². The van der Waals surface area contributed by atoms with Crippen molar-refractivity contribution < 1.29 is 19.1 Å². The predicted octanol–water partition coefficient (Wildman–Crippen LogP) is 3.17. The molecule has 2 rings (SSSR count). The van der Waals surface area contributed by atoms with Crippen LogP contribution in [-0.2, 0) is 0 Å². The lowest BCUT2D eigenvalue weighted by molar-refractivity contribution is 0.0696. The van der Waals surface area contributed by atoms with Gasteiger partial charge in [-0.05, 0) is 30.3 Å². The molecule has 0 aliphatic carbocycles. The third-order valence-electron chi connectivity index (χ3n) is 2.50. The number of urea groups is 1. The molecule has 0 spiro atoms. The highest BCUT2D eigenvalue weighted by Crippen LogP contribution is 2.16. The fourth-order valence-electron chi connectivity index (χ4n) is 1.56. The third kappa shape index (κ3) is 3.32. The van der Waals surface area contributed by atoms with Crippen molar-refractivity contribution in [3.63, 3.8) is 0 Å². The Morgan fingerprint density at radius 2 is 1.70 bits per heavy atom. The summed E-state index contributed by atoms with van der Waals surface area (Å²) in [5.41, 5.74) is 0.285. The molecule has 20 heavy (non-hydrogen) atoms. The SMILES string of the molecule is O=C(Nc1ccccc1)Nc1ccc(C(=O)O)cc1F. The number of carbonyl (C=O) groups excluding carboxylic acids is 1. The fraction of sp³-hybridized carbons (Fsp3) is 0. The molecule has 0 fully saturated rings. The quantitative estimate of drug-likeness (QED) is 0.804. The highest BCUT2D eigenvalue weighted by atomic mass is 19.1. The van der Waals surface area contributed by atoms with Crippen molar-refractivity contribution in [1.82, 2.24) is 0 Å². The first-order valence-electron chi connectivity index (χ1n) is 5.72. The largest absolute Gasteiger partial charge is 0.478 e. The number of carboxylic acid groups (broad SMARTS) is 1. The van der Waals surface area contributed by atoms with Crippen LogP contribution in [0.1, 0.15) is 10.4 Å². The van der Waals surface area contributed by atoms with Gasteiger partial charge in [0.05, 0.1) is 11.3 Å². The summed E-state index contributed by atoms with van der Waals surface area (Å²) < 4.78 is 13.6. The lowest BCUT2D eigenvalue weighted by Crippen LogP contribution is -2.20. The summed E-state index contributed by atoms with van der Waals surface area (Å²) in [5.74, 6) is -2.04. The van der Waals surface area contributed by atoms with E-state index in [0.717, 1.165) is 6.07 Å². The van der Waals surface area contributed by atoms with Crippen molar-refractivity contribution in [2.24, 2.45) is 0 Å². The van der Waals surface area contributed by atoms with Gasteiger partial charge < -0.3 is 15.7 Å². The fourth-order valence-corrected chi connectivity index (χ4v) is 1.56. The Balaban J connectivity index is 2.06. The Bertz CT molecular complexity index is 644. The Labute approximate surface area is 114 Å². The average Bonchev–Trinajstić information content (AvgIpc) is 2.42. The van der Waals surface area contributed by atoms with Crippen LogP contribution in [0.5, 0.6) is 0 Å². The number of benzene rings is 2. The van der Waals surface area contributed by atoms with Crippen LogP contribution in [0, 0.1) is 5.82 Å². The van der Waals surface area contributed by atoms with E-state index in [0.29, 0.717) is 5.69 Å². The number of aromatic carboxylic acids is 1. The average molecular weight is 274 g/mol. The number of carbonyl (C=O) groups is 2. The summed E-state index contributed by atoms with van der Waals surface area (Å²) in [6.07, 6.45) is 0. The second-order valence-corrected chi connectivity index (χ2v) is 3.94. The van der Waals surface area contributed by atoms with E-state index < -0.39 is 17.8 Å². The zero-order chi connectivity index (χ0) is 14.5. The highest BCUT2D eigenvalue weighted by molar-refractivity contribution is 6.00. The van der Waals surface area contributed by atoms with Crippen molar-refractivity contribution in [2.75, 3.05) is 10.6 Å². The molecule has 2 aromatic rings. The van der Waals surface area contributed by atoms with Crippen LogP contribution in [-0.4, -0.2) is 17.1 Å². The summed E-state index contributed by atoms with van der Waals surface area (Å²) in [5, 5.41) is 13.5. The number of hydrogen-bond donors (Lipinski definition) is 3. The van der Waals surface area contributed by atoms with Crippen molar-refractivity contribution in [3.8, 4) is 0 Å². The van der Waals surface area contributed by atoms with E-state index in [1.165, 1.54) is 12.1 Å². The van der Waals surface area contributed by atoms with E-state index in [-0.39, 0.29) is 11.3 Å². The lowest BCUT2D eigenvalue weighted by Gasteiger charge is -2.08. The zero-order valence-corrected chi connectivity index (χ0v) is 10.3. The smallest absolute Gasteiger partial charge is 0.335 e. The molecule has 0 heterocycles. The van der Waals surface area contributed by atoms with Gasteiger partial charge >= 0.3 is 12.0 Å². The molecule has 2 aromatic carbocycles. The first kappa shape index (κ1) is 13.5. The molecule has 0 atom stereocenters. The topological polar surface area (TPSA) is 78.4 Å². The van der Waals surface area contributed by atoms with Crippen LogP contribution in [0.25, 0.3) is 0 Å². The van der Waals surface area contributed by atoms with Gasteiger partial charge in [-0.2, -0.15) is 0 Å². The molecule has 0 aliphatic heterocycles. The van der Waals surface area contributed by atoms with E-state index in [2.05, 4.69) is 10.6 Å². The summed E-state index contributed by atoms with van der Waals surface area (Å²) in [7, 11) is 0. The molecule has 0 unspecified atom stereocenters. The van der Waals surface area contributed by atoms with Crippen LogP contribution in [0.3, 0.4) is 0 Å². The van der Waals surface area contributed by atoms with Crippen LogP contribution in [0.15, 0.2) is 48.5 Å². The third-order valence-corrected chi connectivity index (χ3v) is 2.50. The number of halogens is 1. The normalized spacial score (nSPS) is 9.85. The molecular formula is C14H11FN2O3. The van der Waals surface area contributed by atoms with Gasteiger partial charge in [-0.3, -0.25) is 0 Å². The highest BCUT2D eigenvalue weighted by Gasteiger charge is 2.10. The summed E-state index contributed by atoms with van der Waals surface area (Å²) in [6.45, 7) is 0. The second-order valence-electron chi connectivity index (χ2n) is 3.94. The molecule has 0 radical (unpaired) electrons. The molecule has 0 bridgehead atoms. The van der Waals surface area contributed by atoms with Crippen LogP contribution in [0.4, 0.5) is 20.6 Å². The number of nitrogens with one attached hydrogen (secondary N) is 2. The molecule has 0 aromatic heterocycles. The second kappa shape index (κ2) is 5.83. The van der Waals surface area contributed by atoms with Crippen molar-refractivity contribution in [2.45, 2.75) is 0 Å². The minimum atomic E-state index is -1.23. The van der Waals surface area contributed by atoms with Crippen LogP contribution >= 0.6 is 0 Å². The van der Waals surface area contributed by atoms with E-state index >= 15 is 0 Å². The molecule has 102 valence electrons. The minimum absolute atomic E-state index is 0.0940. The van der Waals surface area contributed by atoms with E-state index in [9.17, 15) is 14.0 Å². The van der Waals surface area contributed by atoms with Gasteiger partial charge in [0.2, 0.25) is 0 Å². The number of amides is 2. The molecule has 5 nitrogen and oxygen atoms in total. The predicted molar refractivity (Wildman–Crippen MR) is 72.4 cm³/mol. The molecule has 0 saturated carbocycles. The first-order chi connectivity index (χ1) is 9.56. The standard InChI is InChI=1S/C14H11FN2O3/c15-11-8-9(13(18)19)6-7-12(11)17-14(20)16-10-4-2-1-3-5-10/h1-8H,(H,18,19)(H2,16,17,20). The van der Waals surface area contributed by atoms with Crippen LogP contribution < -0.4 is 10.6 Å². The van der Waals surface area contributed by atoms with Crippen molar-refractivity contribution in [3.05, 3.63) is 59.9 Å². The van der Waals surface area contributed by atoms with Gasteiger partial charge in [-0.1, -0.05) is 18.2 Å². The van der Waals surface area contributed by atoms with Gasteiger partial charge in [0, 0.05) is 5.69 Å². The Morgan fingerprint density at radius 1 is 1.00 bits per heavy atom. The van der Waals surface area contributed by atoms with Gasteiger partial charge in [0.1, 0.15) is 5.82 Å². The Kier molecular flexibility index (Phi) is 3.95. The van der Waals surface area contributed by atoms with Gasteiger partial charge in [-0.15, -0.1) is 0 Å². The maximum atomic E-state index is 13.6. The monoisotopic (exact) mass is 274 g/mol. The first-order valence-corrected chi connectivity index (χ1v) is 5.72. The van der Waals surface area contributed by atoms with E-state index in [1.54, 1.807) is 30.3 Å². The lowest BCUT2D eigenvalue weighted by atomic mass is 10.2. The number of carboxylic acids is 1. The summed E-state index contributed by atoms with van der Waals surface area (Å²) in [4.78, 5) is 22.3. The molecule has 0 saturated heterocycles. The van der Waals surface area contributed by atoms with Gasteiger partial charge in [-0.25, -0.2) is 14.0 Å². The molecule has 2 amide bonds. The Hall–Kier alpha value is -2.89. The van der Waals surface area contributed by atoms with Crippen molar-refractivity contribution in [1.29, 1.82) is 0 Å². The van der Waals surface area contributed by atoms with Crippen LogP contribution in [0.2, 0.25) is 0 Å². The van der Waals surface area contributed by atoms with E-state index in [4.69, 9.17) is 5.11 Å². The van der Waals surface area contributed by atoms with Gasteiger partial charge in [0.15, 0.2) is 0 Å². The summed E-state index contributed by atoms with van der Waals surface area (Å²) >= 11 is 0. The minimum Gasteiger partial charge on any atom is -0.478 e. The molecule has 6 heteroatoms. The zero-order valence-electron chi connectivity index (χ0n) is 10.3. The Morgan fingerprint density at radius 3 is 2.30 bits per heavy atom. The number of hydrogen-bond acceptors (Lipinski definition) is 2. The number of rotatable bonds is 3. The summed E-state index contributed by atoms with van der Waals surface area (Å²) in [6, 6.07) is 11.3. The molecular weight excluding hydrogens is 263 g/mol. The maximum Gasteiger partial charge on any atom is 0.335 e. The van der Waals surface area contributed by atoms with Crippen molar-refractivity contribution >= 4 is 23.4 Å².